The van der Waals surface area contributed by atoms with E-state index in [9.17, 15) is 9.18 Å². The Bertz CT molecular complexity index is 646. The number of halogens is 1. The van der Waals surface area contributed by atoms with Crippen molar-refractivity contribution in [2.75, 3.05) is 14.2 Å². The molecule has 116 valence electrons. The lowest BCUT2D eigenvalue weighted by Gasteiger charge is -2.18. The highest BCUT2D eigenvalue weighted by Crippen LogP contribution is 2.12. The molecule has 0 bridgehead atoms. The number of rotatable bonds is 5. The predicted octanol–water partition coefficient (Wildman–Crippen LogP) is 3.18. The first-order valence-corrected chi connectivity index (χ1v) is 6.95. The van der Waals surface area contributed by atoms with E-state index in [4.69, 9.17) is 4.74 Å². The van der Waals surface area contributed by atoms with Crippen molar-refractivity contribution in [3.8, 4) is 5.75 Å². The third-order valence-corrected chi connectivity index (χ3v) is 3.29. The minimum Gasteiger partial charge on any atom is -0.497 e. The molecule has 2 aromatic rings. The smallest absolute Gasteiger partial charge is 0.317 e. The molecule has 0 unspecified atom stereocenters. The van der Waals surface area contributed by atoms with Gasteiger partial charge in [-0.25, -0.2) is 9.18 Å². The second-order valence-corrected chi connectivity index (χ2v) is 4.96. The van der Waals surface area contributed by atoms with E-state index in [0.717, 1.165) is 11.3 Å². The van der Waals surface area contributed by atoms with Crippen LogP contribution in [0.5, 0.6) is 5.75 Å². The van der Waals surface area contributed by atoms with Gasteiger partial charge in [0.2, 0.25) is 0 Å². The van der Waals surface area contributed by atoms with Gasteiger partial charge < -0.3 is 15.0 Å². The van der Waals surface area contributed by atoms with Crippen molar-refractivity contribution in [2.45, 2.75) is 13.1 Å². The Labute approximate surface area is 129 Å². The lowest BCUT2D eigenvalue weighted by Crippen LogP contribution is -2.36. The summed E-state index contributed by atoms with van der Waals surface area (Å²) in [5, 5.41) is 2.80. The number of urea groups is 1. The van der Waals surface area contributed by atoms with Crippen LogP contribution in [0, 0.1) is 5.82 Å². The number of hydrogen-bond donors (Lipinski definition) is 1. The maximum atomic E-state index is 13.6. The first kappa shape index (κ1) is 15.8. The van der Waals surface area contributed by atoms with Gasteiger partial charge in [0.25, 0.3) is 0 Å². The summed E-state index contributed by atoms with van der Waals surface area (Å²) < 4.78 is 18.7. The third-order valence-electron chi connectivity index (χ3n) is 3.29. The average molecular weight is 302 g/mol. The summed E-state index contributed by atoms with van der Waals surface area (Å²) >= 11 is 0. The fourth-order valence-electron chi connectivity index (χ4n) is 2.05. The third kappa shape index (κ3) is 4.22. The Hall–Kier alpha value is -2.56. The number of nitrogens with one attached hydrogen (secondary N) is 1. The Morgan fingerprint density at radius 3 is 2.73 bits per heavy atom. The molecule has 0 aliphatic heterocycles. The molecule has 0 saturated carbocycles. The molecule has 1 N–H and O–H groups in total. The number of carbonyl (C=O) groups is 1. The number of methoxy groups -OCH3 is 1. The van der Waals surface area contributed by atoms with Gasteiger partial charge in [0, 0.05) is 25.7 Å². The maximum Gasteiger partial charge on any atom is 0.317 e. The van der Waals surface area contributed by atoms with E-state index in [1.807, 2.05) is 24.3 Å². The van der Waals surface area contributed by atoms with E-state index in [1.165, 1.54) is 11.0 Å². The molecular formula is C17H19FN2O2. The van der Waals surface area contributed by atoms with Crippen LogP contribution in [0.3, 0.4) is 0 Å². The van der Waals surface area contributed by atoms with Crippen LogP contribution in [-0.4, -0.2) is 25.1 Å². The zero-order valence-corrected chi connectivity index (χ0v) is 12.7. The molecule has 0 atom stereocenters. The van der Waals surface area contributed by atoms with Crippen molar-refractivity contribution in [2.24, 2.45) is 0 Å². The molecule has 2 amide bonds. The van der Waals surface area contributed by atoms with Crippen LogP contribution in [0.1, 0.15) is 11.1 Å². The fraction of sp³-hybridized carbons (Fsp3) is 0.235. The molecule has 22 heavy (non-hydrogen) atoms. The standard InChI is InChI=1S/C17H19FN2O2/c1-20(12-14-7-3-4-9-16(14)18)17(21)19-11-13-6-5-8-15(10-13)22-2/h3-10H,11-12H2,1-2H3,(H,19,21). The van der Waals surface area contributed by atoms with Gasteiger partial charge >= 0.3 is 6.03 Å². The summed E-state index contributed by atoms with van der Waals surface area (Å²) in [7, 11) is 3.23. The first-order chi connectivity index (χ1) is 10.6. The van der Waals surface area contributed by atoms with Crippen molar-refractivity contribution in [3.63, 3.8) is 0 Å². The zero-order valence-electron chi connectivity index (χ0n) is 12.7. The molecule has 4 nitrogen and oxygen atoms in total. The number of benzene rings is 2. The van der Waals surface area contributed by atoms with Gasteiger partial charge in [-0.1, -0.05) is 30.3 Å². The Kier molecular flexibility index (Phi) is 5.36. The zero-order chi connectivity index (χ0) is 15.9. The minimum absolute atomic E-state index is 0.219. The molecule has 0 saturated heterocycles. The van der Waals surface area contributed by atoms with Crippen LogP contribution in [0.2, 0.25) is 0 Å². The summed E-state index contributed by atoms with van der Waals surface area (Å²) in [4.78, 5) is 13.5. The van der Waals surface area contributed by atoms with Crippen LogP contribution in [0.4, 0.5) is 9.18 Å². The van der Waals surface area contributed by atoms with Crippen LogP contribution in [0.15, 0.2) is 48.5 Å². The fourth-order valence-corrected chi connectivity index (χ4v) is 2.05. The summed E-state index contributed by atoms with van der Waals surface area (Å²) in [5.41, 5.74) is 1.42. The highest BCUT2D eigenvalue weighted by Gasteiger charge is 2.11. The molecule has 2 rings (SSSR count). The van der Waals surface area contributed by atoms with E-state index < -0.39 is 0 Å². The summed E-state index contributed by atoms with van der Waals surface area (Å²) in [6.45, 7) is 0.605. The molecule has 0 spiro atoms. The first-order valence-electron chi connectivity index (χ1n) is 6.95. The summed E-state index contributed by atoms with van der Waals surface area (Å²) in [5.74, 6) is 0.432. The monoisotopic (exact) mass is 302 g/mol. The average Bonchev–Trinajstić information content (AvgIpc) is 2.54. The highest BCUT2D eigenvalue weighted by atomic mass is 19.1. The SMILES string of the molecule is COc1cccc(CNC(=O)N(C)Cc2ccccc2F)c1. The van der Waals surface area contributed by atoms with Gasteiger partial charge in [-0.2, -0.15) is 0 Å². The van der Waals surface area contributed by atoms with Crippen LogP contribution < -0.4 is 10.1 Å². The Morgan fingerprint density at radius 1 is 1.23 bits per heavy atom. The number of amides is 2. The van der Waals surface area contributed by atoms with Crippen LogP contribution in [-0.2, 0) is 13.1 Å². The molecular weight excluding hydrogens is 283 g/mol. The molecule has 0 aromatic heterocycles. The number of hydrogen-bond acceptors (Lipinski definition) is 2. The van der Waals surface area contributed by atoms with Gasteiger partial charge in [0.15, 0.2) is 0 Å². The molecule has 0 aliphatic carbocycles. The van der Waals surface area contributed by atoms with Gasteiger partial charge in [0.05, 0.1) is 7.11 Å². The van der Waals surface area contributed by atoms with Gasteiger partial charge in [-0.05, 0) is 23.8 Å². The maximum absolute atomic E-state index is 13.6. The second kappa shape index (κ2) is 7.45. The van der Waals surface area contributed by atoms with Crippen LogP contribution >= 0.6 is 0 Å². The number of nitrogens with zero attached hydrogens (tertiary/aromatic N) is 1. The van der Waals surface area contributed by atoms with Crippen LogP contribution in [0.25, 0.3) is 0 Å². The predicted molar refractivity (Wildman–Crippen MR) is 83.1 cm³/mol. The largest absolute Gasteiger partial charge is 0.497 e. The van der Waals surface area contributed by atoms with Crippen molar-refractivity contribution >= 4 is 6.03 Å². The molecule has 5 heteroatoms. The van der Waals surface area contributed by atoms with E-state index >= 15 is 0 Å². The van der Waals surface area contributed by atoms with Crippen molar-refractivity contribution < 1.29 is 13.9 Å². The molecule has 0 heterocycles. The van der Waals surface area contributed by atoms with Crippen molar-refractivity contribution in [1.29, 1.82) is 0 Å². The van der Waals surface area contributed by atoms with Gasteiger partial charge in [-0.3, -0.25) is 0 Å². The Balaban J connectivity index is 1.90. The number of carbonyl (C=O) groups excluding carboxylic acids is 1. The summed E-state index contributed by atoms with van der Waals surface area (Å²) in [6, 6.07) is 13.6. The molecule has 0 fully saturated rings. The highest BCUT2D eigenvalue weighted by molar-refractivity contribution is 5.73. The Morgan fingerprint density at radius 2 is 2.00 bits per heavy atom. The molecule has 0 radical (unpaired) electrons. The minimum atomic E-state index is -0.310. The van der Waals surface area contributed by atoms with E-state index in [0.29, 0.717) is 12.1 Å². The number of ether oxygens (including phenoxy) is 1. The second-order valence-electron chi connectivity index (χ2n) is 4.96. The van der Waals surface area contributed by atoms with Gasteiger partial charge in [-0.15, -0.1) is 0 Å². The normalized spacial score (nSPS) is 10.1. The van der Waals surface area contributed by atoms with Crippen molar-refractivity contribution in [3.05, 3.63) is 65.5 Å². The van der Waals surface area contributed by atoms with E-state index in [2.05, 4.69) is 5.32 Å². The van der Waals surface area contributed by atoms with Crippen molar-refractivity contribution in [1.82, 2.24) is 10.2 Å². The lowest BCUT2D eigenvalue weighted by atomic mass is 10.2. The quantitative estimate of drug-likeness (QED) is 0.921. The van der Waals surface area contributed by atoms with E-state index in [-0.39, 0.29) is 18.4 Å². The van der Waals surface area contributed by atoms with E-state index in [1.54, 1.807) is 32.4 Å². The molecule has 2 aromatic carbocycles. The lowest BCUT2D eigenvalue weighted by molar-refractivity contribution is 0.206. The summed E-state index contributed by atoms with van der Waals surface area (Å²) in [6.07, 6.45) is 0. The molecule has 0 aliphatic rings. The topological polar surface area (TPSA) is 41.6 Å². The van der Waals surface area contributed by atoms with Gasteiger partial charge in [0.1, 0.15) is 11.6 Å².